The van der Waals surface area contributed by atoms with E-state index in [2.05, 4.69) is 0 Å². The quantitative estimate of drug-likeness (QED) is 0.461. The standard InChI is InChI=1S/C21H15Cl3N2/c22-15-11-9-14(10-12-15)19-13-20(17-7-4-8-18(23)21(17)24)26(25-19)16-5-2-1-3-6-16/h1-12,20H,13H2. The molecule has 0 bridgehead atoms. The van der Waals surface area contributed by atoms with Crippen LogP contribution in [0.2, 0.25) is 15.1 Å². The van der Waals surface area contributed by atoms with Gasteiger partial charge >= 0.3 is 0 Å². The molecule has 0 aromatic heterocycles. The van der Waals surface area contributed by atoms with Crippen LogP contribution >= 0.6 is 34.8 Å². The molecule has 1 heterocycles. The second-order valence-corrected chi connectivity index (χ2v) is 7.32. The number of anilines is 1. The van der Waals surface area contributed by atoms with Crippen LogP contribution in [0.15, 0.2) is 77.9 Å². The Hall–Kier alpha value is -2.00. The van der Waals surface area contributed by atoms with Gasteiger partial charge in [-0.05, 0) is 41.5 Å². The summed E-state index contributed by atoms with van der Waals surface area (Å²) in [6.07, 6.45) is 0.733. The third-order valence-corrected chi connectivity index (χ3v) is 5.53. The van der Waals surface area contributed by atoms with E-state index in [1.807, 2.05) is 71.7 Å². The zero-order chi connectivity index (χ0) is 18.1. The highest BCUT2D eigenvalue weighted by molar-refractivity contribution is 6.42. The predicted octanol–water partition coefficient (Wildman–Crippen LogP) is 7.00. The van der Waals surface area contributed by atoms with Gasteiger partial charge < -0.3 is 0 Å². The number of hydrazone groups is 1. The summed E-state index contributed by atoms with van der Waals surface area (Å²) < 4.78 is 0. The smallest absolute Gasteiger partial charge is 0.0846 e. The van der Waals surface area contributed by atoms with Crippen molar-refractivity contribution in [1.82, 2.24) is 0 Å². The van der Waals surface area contributed by atoms with E-state index in [9.17, 15) is 0 Å². The SMILES string of the molecule is Clc1ccc(C2=NN(c3ccccc3)C(c3cccc(Cl)c3Cl)C2)cc1. The summed E-state index contributed by atoms with van der Waals surface area (Å²) in [7, 11) is 0. The predicted molar refractivity (Wildman–Crippen MR) is 111 cm³/mol. The minimum absolute atomic E-state index is 0.0192. The van der Waals surface area contributed by atoms with Crippen LogP contribution in [-0.4, -0.2) is 5.71 Å². The summed E-state index contributed by atoms with van der Waals surface area (Å²) in [5, 5.41) is 8.75. The second kappa shape index (κ2) is 7.32. The Bertz CT molecular complexity index is 953. The van der Waals surface area contributed by atoms with Crippen LogP contribution < -0.4 is 5.01 Å². The Morgan fingerprint density at radius 3 is 2.27 bits per heavy atom. The maximum Gasteiger partial charge on any atom is 0.0846 e. The van der Waals surface area contributed by atoms with Crippen LogP contribution in [0.1, 0.15) is 23.6 Å². The molecular weight excluding hydrogens is 387 g/mol. The van der Waals surface area contributed by atoms with Crippen molar-refractivity contribution in [2.24, 2.45) is 5.10 Å². The largest absolute Gasteiger partial charge is 0.257 e. The van der Waals surface area contributed by atoms with Crippen molar-refractivity contribution in [3.8, 4) is 0 Å². The maximum absolute atomic E-state index is 6.51. The number of halogens is 3. The van der Waals surface area contributed by atoms with Gasteiger partial charge in [0.2, 0.25) is 0 Å². The van der Waals surface area contributed by atoms with E-state index in [4.69, 9.17) is 39.9 Å². The van der Waals surface area contributed by atoms with Crippen molar-refractivity contribution >= 4 is 46.2 Å². The average Bonchev–Trinajstić information content (AvgIpc) is 3.10. The topological polar surface area (TPSA) is 15.6 Å². The highest BCUT2D eigenvalue weighted by Crippen LogP contribution is 2.41. The third kappa shape index (κ3) is 3.33. The molecule has 5 heteroatoms. The Kier molecular flexibility index (Phi) is 4.90. The summed E-state index contributed by atoms with van der Waals surface area (Å²) in [6.45, 7) is 0. The lowest BCUT2D eigenvalue weighted by atomic mass is 9.98. The summed E-state index contributed by atoms with van der Waals surface area (Å²) >= 11 is 18.8. The molecule has 0 fully saturated rings. The highest BCUT2D eigenvalue weighted by atomic mass is 35.5. The fourth-order valence-corrected chi connectivity index (χ4v) is 3.73. The first-order chi connectivity index (χ1) is 12.6. The molecule has 26 heavy (non-hydrogen) atoms. The molecule has 1 aliphatic rings. The lowest BCUT2D eigenvalue weighted by Crippen LogP contribution is -2.18. The molecular formula is C21H15Cl3N2. The molecule has 0 aliphatic carbocycles. The van der Waals surface area contributed by atoms with Crippen molar-refractivity contribution in [2.75, 3.05) is 5.01 Å². The Morgan fingerprint density at radius 1 is 0.808 bits per heavy atom. The summed E-state index contributed by atoms with van der Waals surface area (Å²) in [6, 6.07) is 23.5. The lowest BCUT2D eigenvalue weighted by molar-refractivity contribution is 0.709. The van der Waals surface area contributed by atoms with E-state index in [0.717, 1.165) is 28.9 Å². The fraction of sp³-hybridized carbons (Fsp3) is 0.0952. The molecule has 0 N–H and O–H groups in total. The van der Waals surface area contributed by atoms with Crippen molar-refractivity contribution in [1.29, 1.82) is 0 Å². The molecule has 4 rings (SSSR count). The van der Waals surface area contributed by atoms with E-state index >= 15 is 0 Å². The first-order valence-electron chi connectivity index (χ1n) is 8.25. The third-order valence-electron chi connectivity index (χ3n) is 4.45. The van der Waals surface area contributed by atoms with Gasteiger partial charge in [0.05, 0.1) is 27.5 Å². The Balaban J connectivity index is 1.78. The van der Waals surface area contributed by atoms with Gasteiger partial charge in [0.25, 0.3) is 0 Å². The number of nitrogens with zero attached hydrogens (tertiary/aromatic N) is 2. The van der Waals surface area contributed by atoms with Crippen LogP contribution in [0, 0.1) is 0 Å². The number of para-hydroxylation sites is 1. The molecule has 3 aromatic rings. The first-order valence-corrected chi connectivity index (χ1v) is 9.38. The lowest BCUT2D eigenvalue weighted by Gasteiger charge is -2.25. The van der Waals surface area contributed by atoms with E-state index in [0.29, 0.717) is 15.1 Å². The zero-order valence-electron chi connectivity index (χ0n) is 13.7. The first kappa shape index (κ1) is 17.4. The van der Waals surface area contributed by atoms with Gasteiger partial charge in [-0.15, -0.1) is 0 Å². The Morgan fingerprint density at radius 2 is 1.54 bits per heavy atom. The van der Waals surface area contributed by atoms with Crippen molar-refractivity contribution < 1.29 is 0 Å². The molecule has 0 saturated heterocycles. The molecule has 1 aliphatic heterocycles. The van der Waals surface area contributed by atoms with Crippen molar-refractivity contribution in [3.63, 3.8) is 0 Å². The second-order valence-electron chi connectivity index (χ2n) is 6.10. The molecule has 1 atom stereocenters. The molecule has 0 radical (unpaired) electrons. The van der Waals surface area contributed by atoms with Gasteiger partial charge in [0.15, 0.2) is 0 Å². The van der Waals surface area contributed by atoms with Gasteiger partial charge in [-0.25, -0.2) is 0 Å². The number of hydrogen-bond donors (Lipinski definition) is 0. The van der Waals surface area contributed by atoms with Crippen molar-refractivity contribution in [2.45, 2.75) is 12.5 Å². The summed E-state index contributed by atoms with van der Waals surface area (Å²) in [5.74, 6) is 0. The average molecular weight is 402 g/mol. The number of benzene rings is 3. The van der Waals surface area contributed by atoms with Crippen LogP contribution in [0.25, 0.3) is 0 Å². The van der Waals surface area contributed by atoms with E-state index in [1.54, 1.807) is 6.07 Å². The Labute approximate surface area is 167 Å². The van der Waals surface area contributed by atoms with Crippen LogP contribution in [0.5, 0.6) is 0 Å². The van der Waals surface area contributed by atoms with Crippen LogP contribution in [0.3, 0.4) is 0 Å². The maximum atomic E-state index is 6.51. The molecule has 0 spiro atoms. The van der Waals surface area contributed by atoms with E-state index < -0.39 is 0 Å². The fourth-order valence-electron chi connectivity index (χ4n) is 3.17. The van der Waals surface area contributed by atoms with Gasteiger partial charge in [0.1, 0.15) is 0 Å². The van der Waals surface area contributed by atoms with Crippen LogP contribution in [-0.2, 0) is 0 Å². The minimum Gasteiger partial charge on any atom is -0.257 e. The molecule has 1 unspecified atom stereocenters. The van der Waals surface area contributed by atoms with E-state index in [1.165, 1.54) is 0 Å². The highest BCUT2D eigenvalue weighted by Gasteiger charge is 2.31. The van der Waals surface area contributed by atoms with Gasteiger partial charge in [-0.3, -0.25) is 5.01 Å². The zero-order valence-corrected chi connectivity index (χ0v) is 16.0. The monoisotopic (exact) mass is 400 g/mol. The summed E-state index contributed by atoms with van der Waals surface area (Å²) in [4.78, 5) is 0. The molecule has 2 nitrogen and oxygen atoms in total. The molecule has 130 valence electrons. The van der Waals surface area contributed by atoms with Gasteiger partial charge in [-0.1, -0.05) is 77.3 Å². The van der Waals surface area contributed by atoms with Crippen molar-refractivity contribution in [3.05, 3.63) is 99.0 Å². The van der Waals surface area contributed by atoms with Gasteiger partial charge in [-0.2, -0.15) is 5.10 Å². The normalized spacial score (nSPS) is 16.7. The van der Waals surface area contributed by atoms with Gasteiger partial charge in [0, 0.05) is 11.4 Å². The molecule has 3 aromatic carbocycles. The minimum atomic E-state index is -0.0192. The number of hydrogen-bond acceptors (Lipinski definition) is 2. The van der Waals surface area contributed by atoms with E-state index in [-0.39, 0.29) is 6.04 Å². The van der Waals surface area contributed by atoms with Crippen LogP contribution in [0.4, 0.5) is 5.69 Å². The molecule has 0 amide bonds. The molecule has 0 saturated carbocycles. The summed E-state index contributed by atoms with van der Waals surface area (Å²) in [5.41, 5.74) is 4.02. The number of rotatable bonds is 3.